The number of pyridine rings is 1. The van der Waals surface area contributed by atoms with Crippen molar-refractivity contribution in [3.8, 4) is 17.5 Å². The van der Waals surface area contributed by atoms with Gasteiger partial charge in [0.05, 0.1) is 11.6 Å². The summed E-state index contributed by atoms with van der Waals surface area (Å²) in [6.07, 6.45) is 9.54. The molecule has 42 heavy (non-hydrogen) atoms. The highest BCUT2D eigenvalue weighted by molar-refractivity contribution is 6.04. The first-order chi connectivity index (χ1) is 20.3. The Labute approximate surface area is 243 Å². The van der Waals surface area contributed by atoms with Crippen LogP contribution < -0.4 is 21.9 Å². The lowest BCUT2D eigenvalue weighted by atomic mass is 9.99. The minimum absolute atomic E-state index is 0.0483. The van der Waals surface area contributed by atoms with Crippen molar-refractivity contribution in [2.24, 2.45) is 0 Å². The Kier molecular flexibility index (Phi) is 9.14. The number of nitrogens with zero attached hydrogens (tertiary/aromatic N) is 4. The number of nitrogen functional groups attached to an aromatic ring is 1. The smallest absolute Gasteiger partial charge is 0.264 e. The van der Waals surface area contributed by atoms with Gasteiger partial charge in [-0.25, -0.2) is 9.97 Å². The van der Waals surface area contributed by atoms with Crippen LogP contribution in [-0.2, 0) is 4.79 Å². The number of allylic oxidation sites excluding steroid dienone is 3. The molecule has 2 amide bonds. The first-order valence-electron chi connectivity index (χ1n) is 13.2. The summed E-state index contributed by atoms with van der Waals surface area (Å²) in [6.45, 7) is 11.2. The molecule has 4 N–H and O–H groups in total. The standard InChI is InChI=1S/C32H31N7O3/c1-5-12-23(13-10-11-16-34-26(40)6-2)27-21(3)19-25(39(32(27)42)24-14-8-7-9-15-24)22(4)37-31(41)28-29(33)36-20-38-18-17-35-30(28)38/h5-9,12,14-15,17-20,22H,1-2,11,16,33H2,3-4H3,(H,34,40)(H,37,41)/b23-12-. The second kappa shape index (κ2) is 13.1. The van der Waals surface area contributed by atoms with Gasteiger partial charge in [0, 0.05) is 42.3 Å². The van der Waals surface area contributed by atoms with Crippen LogP contribution in [-0.4, -0.2) is 37.3 Å². The van der Waals surface area contributed by atoms with E-state index in [4.69, 9.17) is 5.73 Å². The number of nitrogens with two attached hydrogens (primary N) is 1. The number of aryl methyl sites for hydroxylation is 1. The number of nitrogens with one attached hydrogen (secondary N) is 2. The summed E-state index contributed by atoms with van der Waals surface area (Å²) < 4.78 is 3.17. The monoisotopic (exact) mass is 561 g/mol. The molecule has 0 bridgehead atoms. The number of amides is 2. The topological polar surface area (TPSA) is 136 Å². The number of rotatable bonds is 9. The molecule has 0 aliphatic carbocycles. The van der Waals surface area contributed by atoms with E-state index in [0.717, 1.165) is 0 Å². The maximum atomic E-state index is 14.2. The predicted molar refractivity (Wildman–Crippen MR) is 164 cm³/mol. The van der Waals surface area contributed by atoms with Crippen LogP contribution in [0.15, 0.2) is 91.3 Å². The number of hydrogen-bond donors (Lipinski definition) is 3. The van der Waals surface area contributed by atoms with Gasteiger partial charge in [-0.15, -0.1) is 0 Å². The summed E-state index contributed by atoms with van der Waals surface area (Å²) in [5.74, 6) is 5.37. The third kappa shape index (κ3) is 6.21. The Bertz CT molecular complexity index is 1820. The predicted octanol–water partition coefficient (Wildman–Crippen LogP) is 3.53. The molecule has 4 rings (SSSR count). The minimum Gasteiger partial charge on any atom is -0.383 e. The molecule has 1 unspecified atom stereocenters. The Morgan fingerprint density at radius 3 is 2.64 bits per heavy atom. The lowest BCUT2D eigenvalue weighted by Gasteiger charge is -2.22. The SMILES string of the molecule is C=C/C=C(/C#CCCNC(=O)C=C)c1c(C)cc(C(C)NC(=O)c2c(N)ncn3ccnc23)n(-c2ccccc2)c1=O. The zero-order valence-electron chi connectivity index (χ0n) is 23.4. The second-order valence-electron chi connectivity index (χ2n) is 9.32. The molecule has 0 aliphatic heterocycles. The number of anilines is 1. The fourth-order valence-corrected chi connectivity index (χ4v) is 4.49. The van der Waals surface area contributed by atoms with Crippen LogP contribution in [0.5, 0.6) is 0 Å². The van der Waals surface area contributed by atoms with Gasteiger partial charge in [0.15, 0.2) is 5.65 Å². The number of para-hydroxylation sites is 1. The highest BCUT2D eigenvalue weighted by Gasteiger charge is 2.24. The Balaban J connectivity index is 1.76. The molecule has 1 aromatic carbocycles. The van der Waals surface area contributed by atoms with Crippen molar-refractivity contribution in [2.75, 3.05) is 12.3 Å². The fraction of sp³-hybridized carbons (Fsp3) is 0.156. The highest BCUT2D eigenvalue weighted by Crippen LogP contribution is 2.24. The van der Waals surface area contributed by atoms with E-state index >= 15 is 0 Å². The summed E-state index contributed by atoms with van der Waals surface area (Å²) in [5.41, 5.74) is 9.01. The average molecular weight is 562 g/mol. The number of aromatic nitrogens is 4. The number of carbonyl (C=O) groups is 2. The number of carbonyl (C=O) groups excluding carboxylic acids is 2. The van der Waals surface area contributed by atoms with E-state index < -0.39 is 11.9 Å². The van der Waals surface area contributed by atoms with Crippen LogP contribution in [0.3, 0.4) is 0 Å². The molecule has 212 valence electrons. The molecular formula is C32H31N7O3. The van der Waals surface area contributed by atoms with Crippen molar-refractivity contribution < 1.29 is 9.59 Å². The van der Waals surface area contributed by atoms with E-state index in [-0.39, 0.29) is 22.8 Å². The van der Waals surface area contributed by atoms with Gasteiger partial charge in [0.25, 0.3) is 11.5 Å². The molecule has 0 saturated carbocycles. The lowest BCUT2D eigenvalue weighted by molar-refractivity contribution is -0.116. The lowest BCUT2D eigenvalue weighted by Crippen LogP contribution is -2.34. The van der Waals surface area contributed by atoms with E-state index in [2.05, 4.69) is 45.6 Å². The molecule has 10 nitrogen and oxygen atoms in total. The van der Waals surface area contributed by atoms with Crippen LogP contribution in [0.1, 0.15) is 46.6 Å². The second-order valence-corrected chi connectivity index (χ2v) is 9.32. The van der Waals surface area contributed by atoms with Crippen molar-refractivity contribution in [1.29, 1.82) is 0 Å². The summed E-state index contributed by atoms with van der Waals surface area (Å²) >= 11 is 0. The van der Waals surface area contributed by atoms with Crippen LogP contribution in [0.2, 0.25) is 0 Å². The molecule has 4 aromatic rings. The van der Waals surface area contributed by atoms with Crippen LogP contribution in [0.4, 0.5) is 5.82 Å². The molecule has 10 heteroatoms. The summed E-state index contributed by atoms with van der Waals surface area (Å²) in [4.78, 5) is 47.4. The number of hydrogen-bond acceptors (Lipinski definition) is 6. The maximum Gasteiger partial charge on any atom is 0.264 e. The molecule has 3 heterocycles. The van der Waals surface area contributed by atoms with Gasteiger partial charge in [0.1, 0.15) is 17.7 Å². The van der Waals surface area contributed by atoms with Gasteiger partial charge < -0.3 is 16.4 Å². The molecule has 0 radical (unpaired) electrons. The van der Waals surface area contributed by atoms with Crippen molar-refractivity contribution in [3.05, 3.63) is 119 Å². The summed E-state index contributed by atoms with van der Waals surface area (Å²) in [6, 6.07) is 10.4. The number of fused-ring (bicyclic) bond motifs is 1. The van der Waals surface area contributed by atoms with Crippen molar-refractivity contribution >= 4 is 28.9 Å². The summed E-state index contributed by atoms with van der Waals surface area (Å²) in [5, 5.41) is 5.64. The van der Waals surface area contributed by atoms with E-state index in [0.29, 0.717) is 46.7 Å². The van der Waals surface area contributed by atoms with E-state index in [1.54, 1.807) is 40.4 Å². The zero-order chi connectivity index (χ0) is 30.2. The van der Waals surface area contributed by atoms with Gasteiger partial charge in [0.2, 0.25) is 5.91 Å². The average Bonchev–Trinajstić information content (AvgIpc) is 3.45. The van der Waals surface area contributed by atoms with Gasteiger partial charge >= 0.3 is 0 Å². The number of benzene rings is 1. The fourth-order valence-electron chi connectivity index (χ4n) is 4.49. The Hall–Kier alpha value is -5.69. The summed E-state index contributed by atoms with van der Waals surface area (Å²) in [7, 11) is 0. The Morgan fingerprint density at radius 2 is 1.93 bits per heavy atom. The quantitative estimate of drug-likeness (QED) is 0.124. The third-order valence-corrected chi connectivity index (χ3v) is 6.45. The highest BCUT2D eigenvalue weighted by atomic mass is 16.2. The molecule has 0 saturated heterocycles. The van der Waals surface area contributed by atoms with Crippen LogP contribution in [0.25, 0.3) is 16.9 Å². The largest absolute Gasteiger partial charge is 0.383 e. The molecular weight excluding hydrogens is 530 g/mol. The normalized spacial score (nSPS) is 11.7. The molecule has 0 aliphatic rings. The van der Waals surface area contributed by atoms with Gasteiger partial charge in [-0.3, -0.25) is 23.4 Å². The van der Waals surface area contributed by atoms with Crippen LogP contribution in [0, 0.1) is 18.8 Å². The van der Waals surface area contributed by atoms with Gasteiger partial charge in [-0.05, 0) is 49.8 Å². The van der Waals surface area contributed by atoms with Crippen molar-refractivity contribution in [2.45, 2.75) is 26.3 Å². The molecule has 0 fully saturated rings. The third-order valence-electron chi connectivity index (χ3n) is 6.45. The first-order valence-corrected chi connectivity index (χ1v) is 13.2. The van der Waals surface area contributed by atoms with Crippen molar-refractivity contribution in [1.82, 2.24) is 29.6 Å². The molecule has 3 aromatic heterocycles. The Morgan fingerprint density at radius 1 is 1.17 bits per heavy atom. The van der Waals surface area contributed by atoms with E-state index in [1.165, 1.54) is 12.4 Å². The van der Waals surface area contributed by atoms with Gasteiger partial charge in [-0.1, -0.05) is 49.3 Å². The minimum atomic E-state index is -0.612. The van der Waals surface area contributed by atoms with Crippen molar-refractivity contribution in [3.63, 3.8) is 0 Å². The zero-order valence-corrected chi connectivity index (χ0v) is 23.4. The first kappa shape index (κ1) is 29.3. The molecule has 0 spiro atoms. The van der Waals surface area contributed by atoms with E-state index in [1.807, 2.05) is 43.3 Å². The maximum absolute atomic E-state index is 14.2. The van der Waals surface area contributed by atoms with E-state index in [9.17, 15) is 14.4 Å². The van der Waals surface area contributed by atoms with Crippen LogP contribution >= 0.6 is 0 Å². The molecule has 1 atom stereocenters. The number of imidazole rings is 1. The van der Waals surface area contributed by atoms with Gasteiger partial charge in [-0.2, -0.15) is 0 Å².